The molecule has 1 aromatic heterocycles. The zero-order chi connectivity index (χ0) is 12.3. The van der Waals surface area contributed by atoms with E-state index in [1.807, 2.05) is 12.1 Å². The summed E-state index contributed by atoms with van der Waals surface area (Å²) in [5, 5.41) is 4.40. The van der Waals surface area contributed by atoms with Gasteiger partial charge in [0.1, 0.15) is 5.78 Å². The molecule has 0 saturated heterocycles. The van der Waals surface area contributed by atoms with Gasteiger partial charge >= 0.3 is 0 Å². The maximum atomic E-state index is 10.9. The molecule has 0 aliphatic carbocycles. The molecule has 0 unspecified atom stereocenters. The van der Waals surface area contributed by atoms with Crippen LogP contribution >= 0.6 is 23.1 Å². The molecule has 1 aromatic carbocycles. The molecule has 4 nitrogen and oxygen atoms in total. The Bertz CT molecular complexity index is 541. The number of benzene rings is 1. The molecular formula is C11H10ClN3OS. The minimum Gasteiger partial charge on any atom is -0.330 e. The lowest BCUT2D eigenvalue weighted by Crippen LogP contribution is -1.98. The van der Waals surface area contributed by atoms with E-state index in [4.69, 9.17) is 11.6 Å². The van der Waals surface area contributed by atoms with Crippen LogP contribution in [0.25, 0.3) is 0 Å². The summed E-state index contributed by atoms with van der Waals surface area (Å²) in [6.45, 7) is 1.52. The van der Waals surface area contributed by atoms with Crippen LogP contribution in [-0.2, 0) is 11.2 Å². The molecule has 0 spiro atoms. The maximum Gasteiger partial charge on any atom is 0.207 e. The van der Waals surface area contributed by atoms with Crippen LogP contribution in [-0.4, -0.2) is 15.1 Å². The Kier molecular flexibility index (Phi) is 3.71. The summed E-state index contributed by atoms with van der Waals surface area (Å²) < 4.78 is 4.09. The number of hydrogen-bond donors (Lipinski definition) is 1. The Hall–Kier alpha value is -1.46. The number of carbonyl (C=O) groups is 1. The number of ketones is 1. The van der Waals surface area contributed by atoms with Crippen LogP contribution in [0, 0.1) is 0 Å². The largest absolute Gasteiger partial charge is 0.330 e. The molecule has 17 heavy (non-hydrogen) atoms. The number of hydrogen-bond acceptors (Lipinski definition) is 5. The summed E-state index contributed by atoms with van der Waals surface area (Å²) in [7, 11) is 0. The van der Waals surface area contributed by atoms with Crippen molar-refractivity contribution >= 4 is 39.7 Å². The second-order valence-electron chi connectivity index (χ2n) is 3.53. The number of aromatic nitrogens is 2. The van der Waals surface area contributed by atoms with E-state index in [9.17, 15) is 4.79 Å². The van der Waals surface area contributed by atoms with Crippen molar-refractivity contribution in [3.63, 3.8) is 0 Å². The summed E-state index contributed by atoms with van der Waals surface area (Å²) in [5.74, 6) is 0.601. The minimum atomic E-state index is 0.0529. The normalized spacial score (nSPS) is 10.2. The van der Waals surface area contributed by atoms with Gasteiger partial charge < -0.3 is 5.32 Å². The third-order valence-corrected chi connectivity index (χ3v) is 2.85. The standard InChI is InChI=1S/C11H10ClN3OS/c1-7(16)5-10-14-11(17-15-10)13-9-4-2-3-8(12)6-9/h2-4,6H,5H2,1H3,(H,13,14,15). The molecule has 0 bridgehead atoms. The zero-order valence-corrected chi connectivity index (χ0v) is 10.7. The zero-order valence-electron chi connectivity index (χ0n) is 9.11. The molecule has 0 aliphatic rings. The first-order valence-corrected chi connectivity index (χ1v) is 6.13. The first-order valence-electron chi connectivity index (χ1n) is 4.98. The SMILES string of the molecule is CC(=O)Cc1nsc(Nc2cccc(Cl)c2)n1. The summed E-state index contributed by atoms with van der Waals surface area (Å²) in [5.41, 5.74) is 0.850. The average molecular weight is 268 g/mol. The van der Waals surface area contributed by atoms with Crippen molar-refractivity contribution in [3.05, 3.63) is 35.1 Å². The number of Topliss-reactive ketones (excluding diaryl/α,β-unsaturated/α-hetero) is 1. The quantitative estimate of drug-likeness (QED) is 0.925. The van der Waals surface area contributed by atoms with E-state index in [0.717, 1.165) is 5.69 Å². The highest BCUT2D eigenvalue weighted by molar-refractivity contribution is 7.09. The van der Waals surface area contributed by atoms with Crippen molar-refractivity contribution in [2.24, 2.45) is 0 Å². The van der Waals surface area contributed by atoms with Crippen molar-refractivity contribution in [2.45, 2.75) is 13.3 Å². The van der Waals surface area contributed by atoms with Gasteiger partial charge in [-0.25, -0.2) is 4.98 Å². The van der Waals surface area contributed by atoms with Crippen LogP contribution in [0.15, 0.2) is 24.3 Å². The molecule has 0 atom stereocenters. The molecule has 0 saturated carbocycles. The third-order valence-electron chi connectivity index (χ3n) is 1.95. The highest BCUT2D eigenvalue weighted by Crippen LogP contribution is 2.21. The van der Waals surface area contributed by atoms with Crippen LogP contribution < -0.4 is 5.32 Å². The van der Waals surface area contributed by atoms with Gasteiger partial charge in [0.05, 0.1) is 6.42 Å². The van der Waals surface area contributed by atoms with Gasteiger partial charge in [0, 0.05) is 22.2 Å². The fourth-order valence-corrected chi connectivity index (χ4v) is 2.09. The van der Waals surface area contributed by atoms with Crippen molar-refractivity contribution in [3.8, 4) is 0 Å². The van der Waals surface area contributed by atoms with Gasteiger partial charge in [-0.05, 0) is 25.1 Å². The molecule has 0 fully saturated rings. The van der Waals surface area contributed by atoms with Gasteiger partial charge in [-0.15, -0.1) is 0 Å². The van der Waals surface area contributed by atoms with Crippen LogP contribution in [0.4, 0.5) is 10.8 Å². The number of carbonyl (C=O) groups excluding carboxylic acids is 1. The van der Waals surface area contributed by atoms with Crippen molar-refractivity contribution < 1.29 is 4.79 Å². The maximum absolute atomic E-state index is 10.9. The lowest BCUT2D eigenvalue weighted by molar-refractivity contribution is -0.116. The van der Waals surface area contributed by atoms with Gasteiger partial charge in [0.15, 0.2) is 5.82 Å². The van der Waals surface area contributed by atoms with Crippen LogP contribution in [0.2, 0.25) is 5.02 Å². The lowest BCUT2D eigenvalue weighted by atomic mass is 10.3. The fourth-order valence-electron chi connectivity index (χ4n) is 1.29. The second kappa shape index (κ2) is 5.25. The van der Waals surface area contributed by atoms with Crippen molar-refractivity contribution in [1.29, 1.82) is 0 Å². The van der Waals surface area contributed by atoms with Gasteiger partial charge in [0.25, 0.3) is 0 Å². The Balaban J connectivity index is 2.08. The average Bonchev–Trinajstić information content (AvgIpc) is 2.64. The predicted octanol–water partition coefficient (Wildman–Crippen LogP) is 3.07. The molecular weight excluding hydrogens is 258 g/mol. The molecule has 1 N–H and O–H groups in total. The van der Waals surface area contributed by atoms with E-state index >= 15 is 0 Å². The predicted molar refractivity (Wildman–Crippen MR) is 69.0 cm³/mol. The Morgan fingerprint density at radius 2 is 2.35 bits per heavy atom. The lowest BCUT2D eigenvalue weighted by Gasteiger charge is -2.01. The van der Waals surface area contributed by atoms with Crippen LogP contribution in [0.5, 0.6) is 0 Å². The summed E-state index contributed by atoms with van der Waals surface area (Å²) in [4.78, 5) is 15.1. The van der Waals surface area contributed by atoms with E-state index in [-0.39, 0.29) is 12.2 Å². The minimum absolute atomic E-state index is 0.0529. The second-order valence-corrected chi connectivity index (χ2v) is 4.72. The highest BCUT2D eigenvalue weighted by atomic mass is 35.5. The van der Waals surface area contributed by atoms with E-state index in [0.29, 0.717) is 16.0 Å². The summed E-state index contributed by atoms with van der Waals surface area (Å²) >= 11 is 7.09. The topological polar surface area (TPSA) is 54.9 Å². The molecule has 0 aliphatic heterocycles. The number of anilines is 2. The van der Waals surface area contributed by atoms with Crippen LogP contribution in [0.3, 0.4) is 0 Å². The number of halogens is 1. The summed E-state index contributed by atoms with van der Waals surface area (Å²) in [6, 6.07) is 7.34. The monoisotopic (exact) mass is 267 g/mol. The first-order chi connectivity index (χ1) is 8.13. The van der Waals surface area contributed by atoms with Gasteiger partial charge in [0.2, 0.25) is 5.13 Å². The smallest absolute Gasteiger partial charge is 0.207 e. The summed E-state index contributed by atoms with van der Waals surface area (Å²) in [6.07, 6.45) is 0.272. The number of rotatable bonds is 4. The van der Waals surface area contributed by atoms with Gasteiger partial charge in [-0.2, -0.15) is 4.37 Å². The van der Waals surface area contributed by atoms with Crippen LogP contribution in [0.1, 0.15) is 12.7 Å². The van der Waals surface area contributed by atoms with E-state index in [1.54, 1.807) is 12.1 Å². The highest BCUT2D eigenvalue weighted by Gasteiger charge is 2.06. The third kappa shape index (κ3) is 3.51. The van der Waals surface area contributed by atoms with E-state index in [2.05, 4.69) is 14.7 Å². The van der Waals surface area contributed by atoms with Crippen molar-refractivity contribution in [2.75, 3.05) is 5.32 Å². The first kappa shape index (κ1) is 12.0. The van der Waals surface area contributed by atoms with E-state index in [1.165, 1.54) is 18.5 Å². The van der Waals surface area contributed by atoms with Gasteiger partial charge in [-0.3, -0.25) is 4.79 Å². The van der Waals surface area contributed by atoms with Gasteiger partial charge in [-0.1, -0.05) is 17.7 Å². The molecule has 6 heteroatoms. The fraction of sp³-hybridized carbons (Fsp3) is 0.182. The number of nitrogens with one attached hydrogen (secondary N) is 1. The van der Waals surface area contributed by atoms with Crippen molar-refractivity contribution in [1.82, 2.24) is 9.36 Å². The molecule has 2 aromatic rings. The molecule has 1 heterocycles. The molecule has 2 rings (SSSR count). The Morgan fingerprint density at radius 1 is 1.53 bits per heavy atom. The molecule has 0 amide bonds. The number of nitrogens with zero attached hydrogens (tertiary/aromatic N) is 2. The Morgan fingerprint density at radius 3 is 3.06 bits per heavy atom. The van der Waals surface area contributed by atoms with E-state index < -0.39 is 0 Å². The Labute approximate surface area is 108 Å². The molecule has 88 valence electrons. The molecule has 0 radical (unpaired) electrons.